The normalized spacial score (nSPS) is 12.4. The number of ether oxygens (including phenoxy) is 1. The Labute approximate surface area is 92.5 Å². The van der Waals surface area contributed by atoms with Crippen LogP contribution >= 0.6 is 0 Å². The van der Waals surface area contributed by atoms with Crippen molar-refractivity contribution in [3.8, 4) is 5.88 Å². The van der Waals surface area contributed by atoms with E-state index < -0.39 is 6.10 Å². The molecule has 2 heterocycles. The van der Waals surface area contributed by atoms with Crippen LogP contribution in [-0.2, 0) is 7.05 Å². The molecule has 0 aromatic carbocycles. The molecule has 2 aromatic heterocycles. The van der Waals surface area contributed by atoms with Gasteiger partial charge < -0.3 is 9.84 Å². The van der Waals surface area contributed by atoms with E-state index in [1.54, 1.807) is 24.1 Å². The zero-order chi connectivity index (χ0) is 11.5. The van der Waals surface area contributed by atoms with E-state index in [2.05, 4.69) is 15.1 Å². The Balaban J connectivity index is 2.36. The van der Waals surface area contributed by atoms with Crippen LogP contribution in [0, 0.1) is 0 Å². The molecule has 0 aliphatic rings. The lowest BCUT2D eigenvalue weighted by molar-refractivity contribution is 0.207. The maximum absolute atomic E-state index is 10.1. The first-order valence-corrected chi connectivity index (χ1v) is 4.74. The molecule has 0 aliphatic carbocycles. The van der Waals surface area contributed by atoms with Gasteiger partial charge in [0, 0.05) is 31.2 Å². The quantitative estimate of drug-likeness (QED) is 0.805. The molecule has 16 heavy (non-hydrogen) atoms. The number of hydrogen-bond acceptors (Lipinski definition) is 5. The molecule has 0 bridgehead atoms. The Hall–Kier alpha value is -1.95. The number of rotatable bonds is 3. The van der Waals surface area contributed by atoms with Crippen LogP contribution in [0.4, 0.5) is 0 Å². The first-order valence-electron chi connectivity index (χ1n) is 4.74. The lowest BCUT2D eigenvalue weighted by Gasteiger charge is -2.10. The fourth-order valence-electron chi connectivity index (χ4n) is 1.42. The van der Waals surface area contributed by atoms with Crippen LogP contribution in [0.25, 0.3) is 0 Å². The molecule has 0 saturated carbocycles. The molecule has 84 valence electrons. The second-order valence-electron chi connectivity index (χ2n) is 3.30. The van der Waals surface area contributed by atoms with E-state index >= 15 is 0 Å². The highest BCUT2D eigenvalue weighted by molar-refractivity contribution is 5.28. The van der Waals surface area contributed by atoms with E-state index in [1.807, 2.05) is 0 Å². The molecule has 1 N–H and O–H groups in total. The molecule has 2 aromatic rings. The van der Waals surface area contributed by atoms with Crippen molar-refractivity contribution in [2.75, 3.05) is 7.11 Å². The summed E-state index contributed by atoms with van der Waals surface area (Å²) in [5, 5.41) is 14.1. The molecule has 6 heteroatoms. The topological polar surface area (TPSA) is 73.1 Å². The lowest BCUT2D eigenvalue weighted by Crippen LogP contribution is -2.05. The van der Waals surface area contributed by atoms with Crippen molar-refractivity contribution in [1.29, 1.82) is 0 Å². The number of aliphatic hydroxyl groups excluding tert-OH is 1. The Morgan fingerprint density at radius 2 is 2.12 bits per heavy atom. The number of methoxy groups -OCH3 is 1. The standard InChI is InChI=1S/C10H12N4O2/c1-14-6-7(5-13-14)9(15)8-10(16-2)12-4-3-11-8/h3-6,9,15H,1-2H3. The maximum atomic E-state index is 10.1. The van der Waals surface area contributed by atoms with Crippen LogP contribution in [0.2, 0.25) is 0 Å². The van der Waals surface area contributed by atoms with Gasteiger partial charge in [0.15, 0.2) is 0 Å². The smallest absolute Gasteiger partial charge is 0.238 e. The molecule has 2 rings (SSSR count). The minimum atomic E-state index is -0.877. The van der Waals surface area contributed by atoms with Crippen molar-refractivity contribution in [3.63, 3.8) is 0 Å². The SMILES string of the molecule is COc1nccnc1C(O)c1cnn(C)c1. The summed E-state index contributed by atoms with van der Waals surface area (Å²) in [6, 6.07) is 0. The Morgan fingerprint density at radius 3 is 2.75 bits per heavy atom. The van der Waals surface area contributed by atoms with Crippen molar-refractivity contribution in [1.82, 2.24) is 19.7 Å². The monoisotopic (exact) mass is 220 g/mol. The molecule has 0 radical (unpaired) electrons. The van der Waals surface area contributed by atoms with E-state index in [-0.39, 0.29) is 0 Å². The summed E-state index contributed by atoms with van der Waals surface area (Å²) in [6.07, 6.45) is 5.45. The zero-order valence-electron chi connectivity index (χ0n) is 9.03. The first kappa shape index (κ1) is 10.6. The lowest BCUT2D eigenvalue weighted by atomic mass is 10.1. The van der Waals surface area contributed by atoms with Crippen LogP contribution < -0.4 is 4.74 Å². The summed E-state index contributed by atoms with van der Waals surface area (Å²) >= 11 is 0. The molecule has 1 atom stereocenters. The fraction of sp³-hybridized carbons (Fsp3) is 0.300. The molecule has 1 unspecified atom stereocenters. The van der Waals surface area contributed by atoms with Crippen LogP contribution in [0.5, 0.6) is 5.88 Å². The van der Waals surface area contributed by atoms with E-state index in [0.29, 0.717) is 17.1 Å². The van der Waals surface area contributed by atoms with Crippen LogP contribution in [0.15, 0.2) is 24.8 Å². The number of hydrogen-bond donors (Lipinski definition) is 1. The third-order valence-electron chi connectivity index (χ3n) is 2.18. The summed E-state index contributed by atoms with van der Waals surface area (Å²) in [5.41, 5.74) is 1.04. The molecule has 0 saturated heterocycles. The van der Waals surface area contributed by atoms with Crippen molar-refractivity contribution in [2.24, 2.45) is 7.05 Å². The highest BCUT2D eigenvalue weighted by atomic mass is 16.5. The number of aryl methyl sites for hydroxylation is 1. The highest BCUT2D eigenvalue weighted by Crippen LogP contribution is 2.25. The Morgan fingerprint density at radius 1 is 1.38 bits per heavy atom. The molecule has 6 nitrogen and oxygen atoms in total. The second-order valence-corrected chi connectivity index (χ2v) is 3.30. The van der Waals surface area contributed by atoms with Gasteiger partial charge in [-0.25, -0.2) is 4.98 Å². The summed E-state index contributed by atoms with van der Waals surface area (Å²) in [5.74, 6) is 0.318. The number of nitrogens with zero attached hydrogens (tertiary/aromatic N) is 4. The van der Waals surface area contributed by atoms with E-state index in [4.69, 9.17) is 4.74 Å². The van der Waals surface area contributed by atoms with Gasteiger partial charge in [0.2, 0.25) is 5.88 Å². The summed E-state index contributed by atoms with van der Waals surface area (Å²) in [7, 11) is 3.27. The third-order valence-corrected chi connectivity index (χ3v) is 2.18. The predicted octanol–water partition coefficient (Wildman–Crippen LogP) is 0.300. The van der Waals surface area contributed by atoms with Gasteiger partial charge in [-0.05, 0) is 0 Å². The average molecular weight is 220 g/mol. The van der Waals surface area contributed by atoms with Crippen LogP contribution in [0.3, 0.4) is 0 Å². The molecular weight excluding hydrogens is 208 g/mol. The summed E-state index contributed by atoms with van der Waals surface area (Å²) in [4.78, 5) is 8.04. The van der Waals surface area contributed by atoms with Gasteiger partial charge in [-0.2, -0.15) is 5.10 Å². The zero-order valence-corrected chi connectivity index (χ0v) is 9.03. The van der Waals surface area contributed by atoms with Gasteiger partial charge in [0.1, 0.15) is 11.8 Å². The minimum Gasteiger partial charge on any atom is -0.480 e. The van der Waals surface area contributed by atoms with Crippen LogP contribution in [0.1, 0.15) is 17.4 Å². The predicted molar refractivity (Wildman–Crippen MR) is 55.9 cm³/mol. The maximum Gasteiger partial charge on any atom is 0.238 e. The molecule has 0 spiro atoms. The average Bonchev–Trinajstić information content (AvgIpc) is 2.75. The first-order chi connectivity index (χ1) is 7.72. The van der Waals surface area contributed by atoms with E-state index in [9.17, 15) is 5.11 Å². The van der Waals surface area contributed by atoms with Crippen molar-refractivity contribution in [2.45, 2.75) is 6.10 Å². The second kappa shape index (κ2) is 4.28. The number of aliphatic hydroxyl groups is 1. The molecule has 0 amide bonds. The summed E-state index contributed by atoms with van der Waals surface area (Å²) in [6.45, 7) is 0. The van der Waals surface area contributed by atoms with Gasteiger partial charge >= 0.3 is 0 Å². The Bertz CT molecular complexity index is 483. The van der Waals surface area contributed by atoms with Crippen molar-refractivity contribution < 1.29 is 9.84 Å². The fourth-order valence-corrected chi connectivity index (χ4v) is 1.42. The summed E-state index contributed by atoms with van der Waals surface area (Å²) < 4.78 is 6.65. The van der Waals surface area contributed by atoms with Crippen molar-refractivity contribution >= 4 is 0 Å². The van der Waals surface area contributed by atoms with Crippen molar-refractivity contribution in [3.05, 3.63) is 36.0 Å². The van der Waals surface area contributed by atoms with E-state index in [1.165, 1.54) is 19.5 Å². The largest absolute Gasteiger partial charge is 0.480 e. The van der Waals surface area contributed by atoms with E-state index in [0.717, 1.165) is 0 Å². The molecule has 0 aliphatic heterocycles. The van der Waals surface area contributed by atoms with Gasteiger partial charge in [-0.1, -0.05) is 0 Å². The Kier molecular flexibility index (Phi) is 2.82. The molecule has 0 fully saturated rings. The minimum absolute atomic E-state index is 0.318. The van der Waals surface area contributed by atoms with Gasteiger partial charge in [0.25, 0.3) is 0 Å². The number of aromatic nitrogens is 4. The molecular formula is C10H12N4O2. The third kappa shape index (κ3) is 1.87. The van der Waals surface area contributed by atoms with Gasteiger partial charge in [0.05, 0.1) is 13.3 Å². The van der Waals surface area contributed by atoms with Gasteiger partial charge in [-0.3, -0.25) is 9.67 Å². The highest BCUT2D eigenvalue weighted by Gasteiger charge is 2.18. The van der Waals surface area contributed by atoms with Gasteiger partial charge in [-0.15, -0.1) is 0 Å². The van der Waals surface area contributed by atoms with Crippen LogP contribution in [-0.4, -0.2) is 32.0 Å².